The number of benzene rings is 1. The van der Waals surface area contributed by atoms with Crippen LogP contribution < -0.4 is 10.5 Å². The standard InChI is InChI=1S/C11H13Br2NO/c1-7(12)6-15-11-5-9(13)3-4-10(11)8(2)14/h3-5,8H,1,6,14H2,2H3/t8-/m1/s1. The number of hydrogen-bond donors (Lipinski definition) is 1. The van der Waals surface area contributed by atoms with Crippen molar-refractivity contribution in [2.45, 2.75) is 13.0 Å². The molecule has 0 spiro atoms. The maximum atomic E-state index is 5.84. The first-order valence-electron chi connectivity index (χ1n) is 4.52. The van der Waals surface area contributed by atoms with E-state index in [1.807, 2.05) is 25.1 Å². The molecule has 82 valence electrons. The molecule has 0 aliphatic heterocycles. The summed E-state index contributed by atoms with van der Waals surface area (Å²) >= 11 is 6.65. The number of ether oxygens (including phenoxy) is 1. The van der Waals surface area contributed by atoms with Gasteiger partial charge in [-0.2, -0.15) is 0 Å². The highest BCUT2D eigenvalue weighted by Gasteiger charge is 2.08. The average molecular weight is 335 g/mol. The van der Waals surface area contributed by atoms with Crippen LogP contribution in [0.1, 0.15) is 18.5 Å². The first-order valence-corrected chi connectivity index (χ1v) is 6.10. The average Bonchev–Trinajstić information content (AvgIpc) is 2.14. The molecular weight excluding hydrogens is 322 g/mol. The Bertz CT molecular complexity index is 364. The lowest BCUT2D eigenvalue weighted by atomic mass is 10.1. The van der Waals surface area contributed by atoms with Crippen LogP contribution >= 0.6 is 31.9 Å². The van der Waals surface area contributed by atoms with Gasteiger partial charge in [0.05, 0.1) is 0 Å². The molecular formula is C11H13Br2NO. The van der Waals surface area contributed by atoms with Crippen molar-refractivity contribution in [1.29, 1.82) is 0 Å². The van der Waals surface area contributed by atoms with Crippen LogP contribution in [0.4, 0.5) is 0 Å². The molecule has 0 bridgehead atoms. The third-order valence-electron chi connectivity index (χ3n) is 1.85. The summed E-state index contributed by atoms with van der Waals surface area (Å²) in [5.41, 5.74) is 6.83. The molecule has 0 heterocycles. The molecule has 4 heteroatoms. The minimum Gasteiger partial charge on any atom is -0.488 e. The van der Waals surface area contributed by atoms with Gasteiger partial charge in [-0.1, -0.05) is 44.5 Å². The van der Waals surface area contributed by atoms with E-state index in [1.165, 1.54) is 0 Å². The Kier molecular flexibility index (Phi) is 4.83. The van der Waals surface area contributed by atoms with Crippen LogP contribution in [0.25, 0.3) is 0 Å². The van der Waals surface area contributed by atoms with Gasteiger partial charge in [0.25, 0.3) is 0 Å². The molecule has 2 nitrogen and oxygen atoms in total. The predicted octanol–water partition coefficient (Wildman–Crippen LogP) is 3.76. The Morgan fingerprint density at radius 2 is 2.27 bits per heavy atom. The number of nitrogens with two attached hydrogens (primary N) is 1. The Labute approximate surface area is 107 Å². The summed E-state index contributed by atoms with van der Waals surface area (Å²) in [6.45, 7) is 6.09. The van der Waals surface area contributed by atoms with E-state index in [-0.39, 0.29) is 6.04 Å². The van der Waals surface area contributed by atoms with Crippen LogP contribution in [0.5, 0.6) is 5.75 Å². The van der Waals surface area contributed by atoms with Crippen molar-refractivity contribution < 1.29 is 4.74 Å². The summed E-state index contributed by atoms with van der Waals surface area (Å²) in [5.74, 6) is 0.792. The third kappa shape index (κ3) is 3.97. The molecule has 0 fully saturated rings. The van der Waals surface area contributed by atoms with Crippen molar-refractivity contribution in [2.24, 2.45) is 5.73 Å². The normalized spacial score (nSPS) is 12.3. The Hall–Kier alpha value is -0.320. The minimum atomic E-state index is -0.0447. The van der Waals surface area contributed by atoms with E-state index in [4.69, 9.17) is 10.5 Å². The highest BCUT2D eigenvalue weighted by atomic mass is 79.9. The molecule has 0 aromatic heterocycles. The Morgan fingerprint density at radius 1 is 1.60 bits per heavy atom. The van der Waals surface area contributed by atoms with Crippen LogP contribution in [0.2, 0.25) is 0 Å². The summed E-state index contributed by atoms with van der Waals surface area (Å²) in [4.78, 5) is 0. The van der Waals surface area contributed by atoms with Gasteiger partial charge >= 0.3 is 0 Å². The van der Waals surface area contributed by atoms with Gasteiger partial charge < -0.3 is 10.5 Å². The fraction of sp³-hybridized carbons (Fsp3) is 0.273. The summed E-state index contributed by atoms with van der Waals surface area (Å²) in [6.07, 6.45) is 0. The lowest BCUT2D eigenvalue weighted by Crippen LogP contribution is -2.08. The molecule has 0 aliphatic rings. The van der Waals surface area contributed by atoms with Gasteiger partial charge in [0.2, 0.25) is 0 Å². The van der Waals surface area contributed by atoms with Crippen molar-refractivity contribution >= 4 is 31.9 Å². The molecule has 1 rings (SSSR count). The lowest BCUT2D eigenvalue weighted by molar-refractivity contribution is 0.354. The number of halogens is 2. The van der Waals surface area contributed by atoms with Crippen molar-refractivity contribution in [3.8, 4) is 5.75 Å². The van der Waals surface area contributed by atoms with Crippen LogP contribution in [0.15, 0.2) is 33.7 Å². The molecule has 1 aromatic rings. The molecule has 0 saturated heterocycles. The first kappa shape index (κ1) is 12.7. The quantitative estimate of drug-likeness (QED) is 0.910. The molecule has 0 unspecified atom stereocenters. The highest BCUT2D eigenvalue weighted by Crippen LogP contribution is 2.28. The van der Waals surface area contributed by atoms with Crippen molar-refractivity contribution in [3.05, 3.63) is 39.3 Å². The van der Waals surface area contributed by atoms with E-state index in [2.05, 4.69) is 38.4 Å². The molecule has 15 heavy (non-hydrogen) atoms. The number of hydrogen-bond acceptors (Lipinski definition) is 2. The topological polar surface area (TPSA) is 35.2 Å². The zero-order valence-electron chi connectivity index (χ0n) is 8.47. The fourth-order valence-electron chi connectivity index (χ4n) is 1.17. The van der Waals surface area contributed by atoms with Crippen molar-refractivity contribution in [2.75, 3.05) is 6.61 Å². The maximum Gasteiger partial charge on any atom is 0.125 e. The van der Waals surface area contributed by atoms with Gasteiger partial charge in [0.1, 0.15) is 12.4 Å². The van der Waals surface area contributed by atoms with Gasteiger partial charge in [-0.15, -0.1) is 0 Å². The Morgan fingerprint density at radius 3 is 2.80 bits per heavy atom. The minimum absolute atomic E-state index is 0.0447. The largest absolute Gasteiger partial charge is 0.488 e. The van der Waals surface area contributed by atoms with Crippen LogP contribution in [0, 0.1) is 0 Å². The molecule has 1 atom stereocenters. The first-order chi connectivity index (χ1) is 7.00. The van der Waals surface area contributed by atoms with Crippen LogP contribution in [0.3, 0.4) is 0 Å². The monoisotopic (exact) mass is 333 g/mol. The Balaban J connectivity index is 2.91. The molecule has 1 aromatic carbocycles. The molecule has 0 saturated carbocycles. The second-order valence-electron chi connectivity index (χ2n) is 3.28. The third-order valence-corrected chi connectivity index (χ3v) is 2.57. The van der Waals surface area contributed by atoms with E-state index in [9.17, 15) is 0 Å². The van der Waals surface area contributed by atoms with E-state index < -0.39 is 0 Å². The van der Waals surface area contributed by atoms with Crippen LogP contribution in [-0.4, -0.2) is 6.61 Å². The molecule has 0 aliphatic carbocycles. The predicted molar refractivity (Wildman–Crippen MR) is 70.3 cm³/mol. The van der Waals surface area contributed by atoms with E-state index >= 15 is 0 Å². The summed E-state index contributed by atoms with van der Waals surface area (Å²) in [6, 6.07) is 5.78. The maximum absolute atomic E-state index is 5.84. The van der Waals surface area contributed by atoms with Gasteiger partial charge in [-0.05, 0) is 19.1 Å². The summed E-state index contributed by atoms with van der Waals surface area (Å²) in [5, 5.41) is 0. The second kappa shape index (κ2) is 5.68. The molecule has 0 amide bonds. The van der Waals surface area contributed by atoms with Gasteiger partial charge in [0.15, 0.2) is 0 Å². The fourth-order valence-corrected chi connectivity index (χ4v) is 1.62. The van der Waals surface area contributed by atoms with E-state index in [0.29, 0.717) is 6.61 Å². The van der Waals surface area contributed by atoms with Crippen LogP contribution in [-0.2, 0) is 0 Å². The molecule has 2 N–H and O–H groups in total. The molecule has 0 radical (unpaired) electrons. The van der Waals surface area contributed by atoms with Gasteiger partial charge in [-0.25, -0.2) is 0 Å². The highest BCUT2D eigenvalue weighted by molar-refractivity contribution is 9.11. The van der Waals surface area contributed by atoms with E-state index in [0.717, 1.165) is 20.3 Å². The van der Waals surface area contributed by atoms with Crippen molar-refractivity contribution in [3.63, 3.8) is 0 Å². The summed E-state index contributed by atoms with van der Waals surface area (Å²) in [7, 11) is 0. The van der Waals surface area contributed by atoms with Crippen molar-refractivity contribution in [1.82, 2.24) is 0 Å². The zero-order valence-corrected chi connectivity index (χ0v) is 11.6. The zero-order chi connectivity index (χ0) is 11.4. The number of rotatable bonds is 4. The SMILES string of the molecule is C=C(Br)COc1cc(Br)ccc1[C@@H](C)N. The summed E-state index contributed by atoms with van der Waals surface area (Å²) < 4.78 is 7.36. The van der Waals surface area contributed by atoms with Gasteiger partial charge in [-0.3, -0.25) is 0 Å². The van der Waals surface area contributed by atoms with E-state index in [1.54, 1.807) is 0 Å². The smallest absolute Gasteiger partial charge is 0.125 e. The lowest BCUT2D eigenvalue weighted by Gasteiger charge is -2.14. The van der Waals surface area contributed by atoms with Gasteiger partial charge in [0, 0.05) is 20.6 Å². The second-order valence-corrected chi connectivity index (χ2v) is 5.31.